The molecule has 1 aromatic carbocycles. The zero-order valence-electron chi connectivity index (χ0n) is 13.6. The van der Waals surface area contributed by atoms with Crippen molar-refractivity contribution in [3.63, 3.8) is 0 Å². The molecule has 0 bridgehead atoms. The lowest BCUT2D eigenvalue weighted by Crippen LogP contribution is -2.18. The third kappa shape index (κ3) is 3.30. The molecule has 1 unspecified atom stereocenters. The molecule has 0 amide bonds. The van der Waals surface area contributed by atoms with E-state index in [2.05, 4.69) is 23.0 Å². The average Bonchev–Trinajstić information content (AvgIpc) is 3.04. The van der Waals surface area contributed by atoms with Gasteiger partial charge in [-0.15, -0.1) is 0 Å². The van der Waals surface area contributed by atoms with E-state index in [-0.39, 0.29) is 6.23 Å². The van der Waals surface area contributed by atoms with Gasteiger partial charge in [0.15, 0.2) is 6.23 Å². The van der Waals surface area contributed by atoms with E-state index in [1.54, 1.807) is 0 Å². The number of rotatable bonds is 1. The fourth-order valence-electron chi connectivity index (χ4n) is 3.33. The monoisotopic (exact) mass is 344 g/mol. The number of hydrogen-bond donors (Lipinski definition) is 0. The maximum atomic E-state index is 6.42. The van der Waals surface area contributed by atoms with Gasteiger partial charge in [0.05, 0.1) is 16.7 Å². The maximum absolute atomic E-state index is 6.42. The summed E-state index contributed by atoms with van der Waals surface area (Å²) in [4.78, 5) is 0. The van der Waals surface area contributed by atoms with Crippen molar-refractivity contribution >= 4 is 22.5 Å². The van der Waals surface area contributed by atoms with Gasteiger partial charge in [0.2, 0.25) is 0 Å². The second kappa shape index (κ2) is 7.14. The lowest BCUT2D eigenvalue weighted by atomic mass is 10.0. The highest BCUT2D eigenvalue weighted by Gasteiger charge is 2.19. The zero-order chi connectivity index (χ0) is 16.4. The Morgan fingerprint density at radius 1 is 1.12 bits per heavy atom. The van der Waals surface area contributed by atoms with Gasteiger partial charge in [0.1, 0.15) is 0 Å². The molecule has 0 radical (unpaired) electrons. The van der Waals surface area contributed by atoms with E-state index in [9.17, 15) is 0 Å². The molecular weight excluding hydrogens is 324 g/mol. The molecule has 1 aromatic heterocycles. The van der Waals surface area contributed by atoms with Crippen LogP contribution in [0.25, 0.3) is 10.9 Å². The normalized spacial score (nSPS) is 22.3. The van der Waals surface area contributed by atoms with Crippen LogP contribution in [0.2, 0.25) is 5.02 Å². The second-order valence-corrected chi connectivity index (χ2v) is 6.86. The van der Waals surface area contributed by atoms with Crippen LogP contribution < -0.4 is 0 Å². The minimum atomic E-state index is 0.0220. The first-order valence-corrected chi connectivity index (χ1v) is 9.07. The van der Waals surface area contributed by atoms with E-state index in [1.165, 1.54) is 6.42 Å². The van der Waals surface area contributed by atoms with E-state index in [0.29, 0.717) is 10.9 Å². The van der Waals surface area contributed by atoms with Gasteiger partial charge in [0, 0.05) is 36.7 Å². The molecule has 2 saturated heterocycles. The van der Waals surface area contributed by atoms with Crippen LogP contribution in [0, 0.1) is 17.8 Å². The van der Waals surface area contributed by atoms with Crippen molar-refractivity contribution in [3.8, 4) is 11.8 Å². The molecule has 2 aliphatic heterocycles. The van der Waals surface area contributed by atoms with E-state index >= 15 is 0 Å². The Morgan fingerprint density at radius 2 is 2.00 bits per heavy atom. The number of aromatic nitrogens is 2. The Kier molecular flexibility index (Phi) is 4.75. The predicted molar refractivity (Wildman–Crippen MR) is 94.0 cm³/mol. The summed E-state index contributed by atoms with van der Waals surface area (Å²) in [5, 5.41) is 6.24. The number of ether oxygens (including phenoxy) is 2. The Morgan fingerprint density at radius 3 is 2.79 bits per heavy atom. The van der Waals surface area contributed by atoms with E-state index < -0.39 is 0 Å². The van der Waals surface area contributed by atoms with Crippen molar-refractivity contribution in [2.24, 2.45) is 5.92 Å². The number of fused-ring (bicyclic) bond motifs is 1. The summed E-state index contributed by atoms with van der Waals surface area (Å²) < 4.78 is 13.2. The SMILES string of the molecule is Clc1cc2cnn(C3CCCCO3)c2cc1C#CC1CCOCC1. The van der Waals surface area contributed by atoms with Gasteiger partial charge in [-0.1, -0.05) is 23.4 Å². The van der Waals surface area contributed by atoms with Crippen molar-refractivity contribution in [2.75, 3.05) is 19.8 Å². The first-order chi connectivity index (χ1) is 11.8. The largest absolute Gasteiger partial charge is 0.381 e. The smallest absolute Gasteiger partial charge is 0.150 e. The van der Waals surface area contributed by atoms with Gasteiger partial charge >= 0.3 is 0 Å². The lowest BCUT2D eigenvalue weighted by molar-refractivity contribution is -0.0366. The van der Waals surface area contributed by atoms with Crippen LogP contribution in [-0.4, -0.2) is 29.6 Å². The van der Waals surface area contributed by atoms with Crippen LogP contribution in [0.5, 0.6) is 0 Å². The standard InChI is InChI=1S/C19H21ClN2O2/c20-17-11-16-13-21-22(19-3-1-2-8-24-19)18(16)12-15(17)5-4-14-6-9-23-10-7-14/h11-14,19H,1-3,6-10H2. The molecule has 3 heterocycles. The zero-order valence-corrected chi connectivity index (χ0v) is 14.4. The molecule has 1 atom stereocenters. The summed E-state index contributed by atoms with van der Waals surface area (Å²) in [5.41, 5.74) is 1.91. The van der Waals surface area contributed by atoms with E-state index in [0.717, 1.165) is 62.0 Å². The number of nitrogens with zero attached hydrogens (tertiary/aromatic N) is 2. The molecule has 0 aliphatic carbocycles. The molecule has 24 heavy (non-hydrogen) atoms. The molecule has 4 rings (SSSR count). The van der Waals surface area contributed by atoms with Crippen molar-refractivity contribution < 1.29 is 9.47 Å². The Labute approximate surface area is 147 Å². The third-order valence-corrected chi connectivity index (χ3v) is 5.06. The van der Waals surface area contributed by atoms with Gasteiger partial charge in [-0.25, -0.2) is 4.68 Å². The van der Waals surface area contributed by atoms with Crippen LogP contribution in [-0.2, 0) is 9.47 Å². The molecule has 2 aromatic rings. The highest BCUT2D eigenvalue weighted by atomic mass is 35.5. The second-order valence-electron chi connectivity index (χ2n) is 6.46. The maximum Gasteiger partial charge on any atom is 0.150 e. The Bertz CT molecular complexity index is 778. The van der Waals surface area contributed by atoms with Gasteiger partial charge < -0.3 is 9.47 Å². The van der Waals surface area contributed by atoms with E-state index in [1.807, 2.05) is 16.9 Å². The third-order valence-electron chi connectivity index (χ3n) is 4.75. The van der Waals surface area contributed by atoms with Crippen molar-refractivity contribution in [1.29, 1.82) is 0 Å². The Balaban J connectivity index is 1.65. The summed E-state index contributed by atoms with van der Waals surface area (Å²) >= 11 is 6.42. The molecule has 2 fully saturated rings. The van der Waals surface area contributed by atoms with Crippen LogP contribution >= 0.6 is 11.6 Å². The molecule has 5 heteroatoms. The van der Waals surface area contributed by atoms with Gasteiger partial charge in [-0.05, 0) is 44.2 Å². The molecule has 0 N–H and O–H groups in total. The van der Waals surface area contributed by atoms with Crippen LogP contribution in [0.1, 0.15) is 43.9 Å². The summed E-state index contributed by atoms with van der Waals surface area (Å²) in [5.74, 6) is 7.03. The first-order valence-electron chi connectivity index (χ1n) is 8.69. The molecular formula is C19H21ClN2O2. The summed E-state index contributed by atoms with van der Waals surface area (Å²) in [6.07, 6.45) is 7.19. The highest BCUT2D eigenvalue weighted by Crippen LogP contribution is 2.29. The Hall–Kier alpha value is -1.54. The first kappa shape index (κ1) is 16.0. The topological polar surface area (TPSA) is 36.3 Å². The molecule has 4 nitrogen and oxygen atoms in total. The summed E-state index contributed by atoms with van der Waals surface area (Å²) in [7, 11) is 0. The summed E-state index contributed by atoms with van der Waals surface area (Å²) in [6.45, 7) is 2.41. The summed E-state index contributed by atoms with van der Waals surface area (Å²) in [6, 6.07) is 4.01. The molecule has 0 spiro atoms. The van der Waals surface area contributed by atoms with Gasteiger partial charge in [-0.3, -0.25) is 0 Å². The van der Waals surface area contributed by atoms with Crippen molar-refractivity contribution in [3.05, 3.63) is 28.9 Å². The lowest BCUT2D eigenvalue weighted by Gasteiger charge is -2.23. The molecule has 126 valence electrons. The van der Waals surface area contributed by atoms with Crippen molar-refractivity contribution in [2.45, 2.75) is 38.3 Å². The number of halogens is 1. The van der Waals surface area contributed by atoms with E-state index in [4.69, 9.17) is 21.1 Å². The van der Waals surface area contributed by atoms with Crippen LogP contribution in [0.3, 0.4) is 0 Å². The van der Waals surface area contributed by atoms with Gasteiger partial charge in [-0.2, -0.15) is 5.10 Å². The highest BCUT2D eigenvalue weighted by molar-refractivity contribution is 6.32. The van der Waals surface area contributed by atoms with Crippen LogP contribution in [0.4, 0.5) is 0 Å². The predicted octanol–water partition coefficient (Wildman–Crippen LogP) is 4.17. The van der Waals surface area contributed by atoms with Gasteiger partial charge in [0.25, 0.3) is 0 Å². The number of benzene rings is 1. The number of hydrogen-bond acceptors (Lipinski definition) is 3. The van der Waals surface area contributed by atoms with Crippen LogP contribution in [0.15, 0.2) is 18.3 Å². The fourth-order valence-corrected chi connectivity index (χ4v) is 3.55. The average molecular weight is 345 g/mol. The quantitative estimate of drug-likeness (QED) is 0.728. The molecule has 0 saturated carbocycles. The minimum Gasteiger partial charge on any atom is -0.381 e. The minimum absolute atomic E-state index is 0.0220. The molecule has 2 aliphatic rings. The van der Waals surface area contributed by atoms with Crippen molar-refractivity contribution in [1.82, 2.24) is 9.78 Å². The fraction of sp³-hybridized carbons (Fsp3) is 0.526.